The van der Waals surface area contributed by atoms with Gasteiger partial charge in [-0.25, -0.2) is 15.0 Å². The maximum atomic E-state index is 5.33. The summed E-state index contributed by atoms with van der Waals surface area (Å²) in [4.78, 5) is 15.6. The minimum Gasteiger partial charge on any atom is -0.292 e. The fourth-order valence-corrected chi connectivity index (χ4v) is 8.34. The normalized spacial score (nSPS) is 12.3. The second kappa shape index (κ2) is 9.77. The van der Waals surface area contributed by atoms with Crippen molar-refractivity contribution in [3.8, 4) is 17.1 Å². The Morgan fingerprint density at radius 2 is 0.824 bits per heavy atom. The number of imidazole rings is 2. The number of fused-ring (bicyclic) bond motifs is 16. The van der Waals surface area contributed by atoms with Crippen LogP contribution in [0.5, 0.6) is 0 Å². The maximum Gasteiger partial charge on any atom is 0.221 e. The van der Waals surface area contributed by atoms with Gasteiger partial charge < -0.3 is 0 Å². The van der Waals surface area contributed by atoms with Gasteiger partial charge in [0.15, 0.2) is 0 Å². The lowest BCUT2D eigenvalue weighted by Crippen LogP contribution is -2.06. The van der Waals surface area contributed by atoms with Gasteiger partial charge >= 0.3 is 0 Å². The van der Waals surface area contributed by atoms with E-state index in [0.717, 1.165) is 83.3 Å². The number of aromatic nitrogens is 6. The Balaban J connectivity index is 1.14. The smallest absolute Gasteiger partial charge is 0.221 e. The molecule has 51 heavy (non-hydrogen) atoms. The van der Waals surface area contributed by atoms with Crippen LogP contribution in [0.3, 0.4) is 0 Å². The van der Waals surface area contributed by atoms with Gasteiger partial charge in [0.1, 0.15) is 11.3 Å². The van der Waals surface area contributed by atoms with Crippen LogP contribution >= 0.6 is 0 Å². The molecule has 7 aromatic carbocycles. The number of nitrogens with zero attached hydrogens (tertiary/aromatic N) is 6. The zero-order valence-electron chi connectivity index (χ0n) is 27.2. The monoisotopic (exact) mass is 650 g/mol. The largest absolute Gasteiger partial charge is 0.292 e. The van der Waals surface area contributed by atoms with Gasteiger partial charge in [-0.05, 0) is 83.2 Å². The van der Waals surface area contributed by atoms with Crippen molar-refractivity contribution in [2.45, 2.75) is 0 Å². The van der Waals surface area contributed by atoms with Crippen molar-refractivity contribution in [1.82, 2.24) is 28.3 Å². The van der Waals surface area contributed by atoms with E-state index in [-0.39, 0.29) is 0 Å². The van der Waals surface area contributed by atoms with Crippen LogP contribution < -0.4 is 0 Å². The molecule has 6 heteroatoms. The molecule has 0 fully saturated rings. The van der Waals surface area contributed by atoms with E-state index in [1.54, 1.807) is 0 Å². The number of hydrogen-bond acceptors (Lipinski definition) is 3. The summed E-state index contributed by atoms with van der Waals surface area (Å²) in [7, 11) is 0. The van der Waals surface area contributed by atoms with Crippen LogP contribution in [0, 0.1) is 0 Å². The van der Waals surface area contributed by atoms with E-state index >= 15 is 0 Å². The van der Waals surface area contributed by atoms with E-state index < -0.39 is 0 Å². The molecule has 0 amide bonds. The average Bonchev–Trinajstić information content (AvgIpc) is 3.88. The van der Waals surface area contributed by atoms with Gasteiger partial charge in [-0.2, -0.15) is 0 Å². The lowest BCUT2D eigenvalue weighted by atomic mass is 9.98. The molecule has 0 N–H and O–H groups in total. The number of benzene rings is 7. The molecule has 12 rings (SSSR count). The zero-order chi connectivity index (χ0) is 33.2. The van der Waals surface area contributed by atoms with E-state index in [1.165, 1.54) is 21.5 Å². The van der Waals surface area contributed by atoms with Crippen molar-refractivity contribution in [1.29, 1.82) is 0 Å². The van der Waals surface area contributed by atoms with Gasteiger partial charge in [0.05, 0.1) is 44.1 Å². The Morgan fingerprint density at radius 3 is 1.57 bits per heavy atom. The third-order valence-electron chi connectivity index (χ3n) is 10.6. The Kier molecular flexibility index (Phi) is 5.14. The van der Waals surface area contributed by atoms with Gasteiger partial charge in [0.2, 0.25) is 5.95 Å². The van der Waals surface area contributed by atoms with Gasteiger partial charge in [0.25, 0.3) is 0 Å². The summed E-state index contributed by atoms with van der Waals surface area (Å²) < 4.78 is 6.82. The first-order valence-electron chi connectivity index (χ1n) is 17.2. The molecule has 0 bridgehead atoms. The van der Waals surface area contributed by atoms with Crippen molar-refractivity contribution in [3.05, 3.63) is 158 Å². The molecule has 0 atom stereocenters. The zero-order valence-corrected chi connectivity index (χ0v) is 27.2. The summed E-state index contributed by atoms with van der Waals surface area (Å²) in [6.45, 7) is 0. The number of para-hydroxylation sites is 7. The first-order valence-corrected chi connectivity index (χ1v) is 17.2. The van der Waals surface area contributed by atoms with Crippen molar-refractivity contribution >= 4 is 87.7 Å². The molecule has 0 saturated carbocycles. The van der Waals surface area contributed by atoms with E-state index in [0.29, 0.717) is 0 Å². The minimum absolute atomic E-state index is 0.822. The van der Waals surface area contributed by atoms with Crippen molar-refractivity contribution < 1.29 is 0 Å². The van der Waals surface area contributed by atoms with Crippen LogP contribution in [0.2, 0.25) is 0 Å². The summed E-state index contributed by atoms with van der Waals surface area (Å²) in [6, 6.07) is 55.9. The van der Waals surface area contributed by atoms with Crippen LogP contribution in [-0.4, -0.2) is 28.3 Å². The van der Waals surface area contributed by atoms with Gasteiger partial charge in [-0.3, -0.25) is 13.4 Å². The van der Waals surface area contributed by atoms with Gasteiger partial charge in [-0.1, -0.05) is 91.0 Å². The number of hydrogen-bond donors (Lipinski definition) is 0. The molecule has 5 heterocycles. The highest BCUT2D eigenvalue weighted by atomic mass is 15.2. The fourth-order valence-electron chi connectivity index (χ4n) is 8.34. The third-order valence-corrected chi connectivity index (χ3v) is 10.6. The predicted octanol–water partition coefficient (Wildman–Crippen LogP) is 10.9. The number of rotatable bonds is 2. The molecule has 12 aromatic rings. The quantitative estimate of drug-likeness (QED) is 0.175. The first-order chi connectivity index (χ1) is 25.3. The molecule has 0 saturated heterocycles. The van der Waals surface area contributed by atoms with Crippen LogP contribution in [0.15, 0.2) is 158 Å². The molecule has 0 unspecified atom stereocenters. The van der Waals surface area contributed by atoms with Crippen LogP contribution in [0.1, 0.15) is 0 Å². The average molecular weight is 651 g/mol. The minimum atomic E-state index is 0.822. The topological polar surface area (TPSA) is 52.4 Å². The second-order valence-corrected chi connectivity index (χ2v) is 13.3. The van der Waals surface area contributed by atoms with E-state index in [2.05, 4.69) is 159 Å². The third kappa shape index (κ3) is 3.57. The lowest BCUT2D eigenvalue weighted by Gasteiger charge is -2.13. The Bertz CT molecular complexity index is 3440. The van der Waals surface area contributed by atoms with Crippen molar-refractivity contribution in [2.24, 2.45) is 0 Å². The molecule has 6 nitrogen and oxygen atoms in total. The maximum absolute atomic E-state index is 5.33. The van der Waals surface area contributed by atoms with Gasteiger partial charge in [-0.15, -0.1) is 0 Å². The summed E-state index contributed by atoms with van der Waals surface area (Å²) in [5.74, 6) is 0.822. The van der Waals surface area contributed by atoms with Crippen molar-refractivity contribution in [2.75, 3.05) is 0 Å². The van der Waals surface area contributed by atoms with Crippen LogP contribution in [0.4, 0.5) is 0 Å². The summed E-state index contributed by atoms with van der Waals surface area (Å²) in [5.41, 5.74) is 12.5. The standard InChI is InChI=1S/C45H26N6/c1-4-14-35-32(13-1)43-46-37-16-6-10-20-42(37)51(43)45(48-35)50-39-18-8-3-12-31(39)33-25-28(22-24-40(33)50)27-21-23-29-30-11-2-7-17-38(30)49-41-19-9-5-15-36(41)47-44(49)34(29)26-27/h1-26H. The van der Waals surface area contributed by atoms with Crippen LogP contribution in [0.25, 0.3) is 105 Å². The Labute approximate surface area is 290 Å². The molecule has 0 radical (unpaired) electrons. The predicted molar refractivity (Wildman–Crippen MR) is 209 cm³/mol. The molecular weight excluding hydrogens is 625 g/mol. The highest BCUT2D eigenvalue weighted by molar-refractivity contribution is 6.15. The Hall–Kier alpha value is -7.05. The van der Waals surface area contributed by atoms with Gasteiger partial charge in [0, 0.05) is 26.9 Å². The van der Waals surface area contributed by atoms with E-state index in [4.69, 9.17) is 15.0 Å². The number of pyridine rings is 1. The SMILES string of the molecule is c1ccc2c(c1)nc(-n1c3ccccc3c3cc(-c4ccc5c6ccccc6n6c7ccccc7nc6c5c4)ccc31)n1c3ccccc3nc21. The molecule has 0 aliphatic rings. The summed E-state index contributed by atoms with van der Waals surface area (Å²) >= 11 is 0. The highest BCUT2D eigenvalue weighted by Gasteiger charge is 2.21. The fraction of sp³-hybridized carbons (Fsp3) is 0. The Morgan fingerprint density at radius 1 is 0.314 bits per heavy atom. The van der Waals surface area contributed by atoms with Crippen molar-refractivity contribution in [3.63, 3.8) is 0 Å². The lowest BCUT2D eigenvalue weighted by molar-refractivity contribution is 0.979. The molecule has 0 aliphatic heterocycles. The molecule has 236 valence electrons. The van der Waals surface area contributed by atoms with E-state index in [1.807, 2.05) is 12.1 Å². The van der Waals surface area contributed by atoms with Crippen LogP contribution in [-0.2, 0) is 0 Å². The highest BCUT2D eigenvalue weighted by Crippen LogP contribution is 2.39. The first kappa shape index (κ1) is 26.9. The van der Waals surface area contributed by atoms with E-state index in [9.17, 15) is 0 Å². The summed E-state index contributed by atoms with van der Waals surface area (Å²) in [6.07, 6.45) is 0. The molecule has 0 spiro atoms. The molecular formula is C45H26N6. The molecule has 5 aromatic heterocycles. The molecule has 0 aliphatic carbocycles. The summed E-state index contributed by atoms with van der Waals surface area (Å²) in [5, 5.41) is 6.94. The second-order valence-electron chi connectivity index (χ2n) is 13.3.